The van der Waals surface area contributed by atoms with Crippen molar-refractivity contribution in [3.63, 3.8) is 0 Å². The summed E-state index contributed by atoms with van der Waals surface area (Å²) < 4.78 is 0. The van der Waals surface area contributed by atoms with Crippen LogP contribution in [0.5, 0.6) is 0 Å². The molecule has 1 heterocycles. The quantitative estimate of drug-likeness (QED) is 0.615. The molecule has 1 saturated heterocycles. The molecule has 1 aliphatic heterocycles. The fourth-order valence-electron chi connectivity index (χ4n) is 2.21. The average Bonchev–Trinajstić information content (AvgIpc) is 2.36. The largest absolute Gasteiger partial charge is 0.480 e. The highest BCUT2D eigenvalue weighted by Crippen LogP contribution is 2.11. The second-order valence-corrected chi connectivity index (χ2v) is 5.43. The van der Waals surface area contributed by atoms with Gasteiger partial charge in [0.05, 0.1) is 0 Å². The van der Waals surface area contributed by atoms with Crippen molar-refractivity contribution in [2.24, 2.45) is 5.92 Å². The topological polar surface area (TPSA) is 116 Å². The van der Waals surface area contributed by atoms with E-state index in [-0.39, 0.29) is 18.9 Å². The molecule has 1 rings (SSSR count). The summed E-state index contributed by atoms with van der Waals surface area (Å²) in [6.45, 7) is 5.14. The molecule has 0 aromatic rings. The molecule has 0 spiro atoms. The number of carboxylic acids is 1. The van der Waals surface area contributed by atoms with Gasteiger partial charge in [0.1, 0.15) is 18.6 Å². The summed E-state index contributed by atoms with van der Waals surface area (Å²) in [5.41, 5.74) is 0. The zero-order valence-electron chi connectivity index (χ0n) is 12.4. The number of amides is 4. The highest BCUT2D eigenvalue weighted by molar-refractivity contribution is 6.04. The number of hydrogen-bond donors (Lipinski definition) is 3. The van der Waals surface area contributed by atoms with Gasteiger partial charge >= 0.3 is 12.0 Å². The molecule has 118 valence electrons. The number of nitrogens with zero attached hydrogens (tertiary/aromatic N) is 1. The summed E-state index contributed by atoms with van der Waals surface area (Å²) in [7, 11) is 0. The van der Waals surface area contributed by atoms with Gasteiger partial charge in [-0.25, -0.2) is 9.59 Å². The van der Waals surface area contributed by atoms with E-state index >= 15 is 0 Å². The van der Waals surface area contributed by atoms with Gasteiger partial charge in [0.2, 0.25) is 11.8 Å². The predicted octanol–water partition coefficient (Wildman–Crippen LogP) is -0.0677. The molecular weight excluding hydrogens is 278 g/mol. The Morgan fingerprint density at radius 2 is 2.05 bits per heavy atom. The summed E-state index contributed by atoms with van der Waals surface area (Å²) >= 11 is 0. The molecule has 2 atom stereocenters. The van der Waals surface area contributed by atoms with Crippen LogP contribution in [0.4, 0.5) is 4.79 Å². The van der Waals surface area contributed by atoms with Crippen molar-refractivity contribution in [2.75, 3.05) is 6.54 Å². The lowest BCUT2D eigenvalue weighted by Gasteiger charge is -2.34. The number of carboxylic acid groups (broad SMARTS) is 1. The van der Waals surface area contributed by atoms with Gasteiger partial charge in [-0.05, 0) is 18.8 Å². The van der Waals surface area contributed by atoms with Crippen LogP contribution < -0.4 is 10.6 Å². The number of urea groups is 1. The SMILES string of the molecule is CCC1C(=O)NC(=O)CN1C(=O)N[C@@H](CC(C)C)C(=O)O. The molecule has 0 aromatic heterocycles. The standard InChI is InChI=1S/C13H21N3O5/c1-4-9-11(18)15-10(17)6-16(9)13(21)14-8(12(19)20)5-7(2)3/h7-9H,4-6H2,1-3H3,(H,14,21)(H,19,20)(H,15,17,18)/t8-,9?/m0/s1. The van der Waals surface area contributed by atoms with Crippen LogP contribution in [0.3, 0.4) is 0 Å². The van der Waals surface area contributed by atoms with E-state index in [9.17, 15) is 19.2 Å². The van der Waals surface area contributed by atoms with E-state index in [1.165, 1.54) is 0 Å². The predicted molar refractivity (Wildman–Crippen MR) is 73.3 cm³/mol. The lowest BCUT2D eigenvalue weighted by molar-refractivity contribution is -0.139. The minimum atomic E-state index is -1.14. The van der Waals surface area contributed by atoms with Crippen LogP contribution in [0.25, 0.3) is 0 Å². The molecular formula is C13H21N3O5. The molecule has 0 bridgehead atoms. The van der Waals surface area contributed by atoms with Crippen LogP contribution in [0.2, 0.25) is 0 Å². The lowest BCUT2D eigenvalue weighted by atomic mass is 10.0. The van der Waals surface area contributed by atoms with E-state index < -0.39 is 35.9 Å². The summed E-state index contributed by atoms with van der Waals surface area (Å²) in [5, 5.41) is 13.7. The first-order valence-corrected chi connectivity index (χ1v) is 6.89. The third-order valence-corrected chi connectivity index (χ3v) is 3.21. The molecule has 8 heteroatoms. The van der Waals surface area contributed by atoms with Crippen LogP contribution in [0, 0.1) is 5.92 Å². The second kappa shape index (κ2) is 7.05. The van der Waals surface area contributed by atoms with Gasteiger partial charge in [0.15, 0.2) is 0 Å². The average molecular weight is 299 g/mol. The van der Waals surface area contributed by atoms with Gasteiger partial charge in [-0.2, -0.15) is 0 Å². The molecule has 4 amide bonds. The van der Waals surface area contributed by atoms with Crippen LogP contribution in [0.1, 0.15) is 33.6 Å². The van der Waals surface area contributed by atoms with Gasteiger partial charge in [-0.15, -0.1) is 0 Å². The van der Waals surface area contributed by atoms with Crippen molar-refractivity contribution in [3.05, 3.63) is 0 Å². The smallest absolute Gasteiger partial charge is 0.326 e. The molecule has 1 aliphatic rings. The van der Waals surface area contributed by atoms with Crippen molar-refractivity contribution in [3.8, 4) is 0 Å². The minimum Gasteiger partial charge on any atom is -0.480 e. The fraction of sp³-hybridized carbons (Fsp3) is 0.692. The first-order valence-electron chi connectivity index (χ1n) is 6.89. The Labute approximate surface area is 122 Å². The Hall–Kier alpha value is -2.12. The van der Waals surface area contributed by atoms with E-state index in [2.05, 4.69) is 10.6 Å². The monoisotopic (exact) mass is 299 g/mol. The first kappa shape index (κ1) is 16.9. The maximum absolute atomic E-state index is 12.2. The summed E-state index contributed by atoms with van der Waals surface area (Å²) in [4.78, 5) is 47.5. The van der Waals surface area contributed by atoms with E-state index in [0.717, 1.165) is 4.90 Å². The lowest BCUT2D eigenvalue weighted by Crippen LogP contribution is -2.62. The molecule has 0 aliphatic carbocycles. The van der Waals surface area contributed by atoms with Crippen LogP contribution in [-0.2, 0) is 14.4 Å². The summed E-state index contributed by atoms with van der Waals surface area (Å²) in [5.74, 6) is -2.17. The zero-order chi connectivity index (χ0) is 16.2. The Bertz CT molecular complexity index is 449. The number of carbonyl (C=O) groups is 4. The van der Waals surface area contributed by atoms with Gasteiger partial charge in [0, 0.05) is 0 Å². The number of imide groups is 1. The Balaban J connectivity index is 2.81. The molecule has 0 radical (unpaired) electrons. The normalized spacial score (nSPS) is 20.2. The molecule has 8 nitrogen and oxygen atoms in total. The van der Waals surface area contributed by atoms with Gasteiger partial charge in [-0.1, -0.05) is 20.8 Å². The number of rotatable bonds is 5. The van der Waals surface area contributed by atoms with E-state index in [0.29, 0.717) is 6.42 Å². The molecule has 21 heavy (non-hydrogen) atoms. The van der Waals surface area contributed by atoms with Gasteiger partial charge in [-0.3, -0.25) is 14.9 Å². The van der Waals surface area contributed by atoms with Gasteiger partial charge in [0.25, 0.3) is 0 Å². The Morgan fingerprint density at radius 1 is 1.43 bits per heavy atom. The molecule has 0 saturated carbocycles. The van der Waals surface area contributed by atoms with Crippen molar-refractivity contribution >= 4 is 23.8 Å². The third kappa shape index (κ3) is 4.44. The number of hydrogen-bond acceptors (Lipinski definition) is 4. The van der Waals surface area contributed by atoms with Crippen LogP contribution >= 0.6 is 0 Å². The van der Waals surface area contributed by atoms with Crippen molar-refractivity contribution in [1.29, 1.82) is 0 Å². The van der Waals surface area contributed by atoms with Crippen molar-refractivity contribution in [2.45, 2.75) is 45.7 Å². The Morgan fingerprint density at radius 3 is 2.52 bits per heavy atom. The molecule has 1 unspecified atom stereocenters. The Kier molecular flexibility index (Phi) is 5.69. The highest BCUT2D eigenvalue weighted by Gasteiger charge is 2.36. The summed E-state index contributed by atoms with van der Waals surface area (Å²) in [6, 6.07) is -2.52. The van der Waals surface area contributed by atoms with Crippen molar-refractivity contribution in [1.82, 2.24) is 15.5 Å². The number of aliphatic carboxylic acids is 1. The van der Waals surface area contributed by atoms with Crippen LogP contribution in [0.15, 0.2) is 0 Å². The zero-order valence-corrected chi connectivity index (χ0v) is 12.4. The van der Waals surface area contributed by atoms with E-state index in [1.54, 1.807) is 6.92 Å². The van der Waals surface area contributed by atoms with Crippen molar-refractivity contribution < 1.29 is 24.3 Å². The van der Waals surface area contributed by atoms with E-state index in [1.807, 2.05) is 13.8 Å². The fourth-order valence-corrected chi connectivity index (χ4v) is 2.21. The second-order valence-electron chi connectivity index (χ2n) is 5.43. The first-order chi connectivity index (χ1) is 9.76. The van der Waals surface area contributed by atoms with E-state index in [4.69, 9.17) is 5.11 Å². The third-order valence-electron chi connectivity index (χ3n) is 3.21. The number of carbonyl (C=O) groups excluding carboxylic acids is 3. The molecule has 3 N–H and O–H groups in total. The highest BCUT2D eigenvalue weighted by atomic mass is 16.4. The summed E-state index contributed by atoms with van der Waals surface area (Å²) in [6.07, 6.45) is 0.611. The molecule has 0 aromatic carbocycles. The van der Waals surface area contributed by atoms with Crippen LogP contribution in [-0.4, -0.2) is 52.4 Å². The number of piperazine rings is 1. The maximum atomic E-state index is 12.2. The number of nitrogens with one attached hydrogen (secondary N) is 2. The maximum Gasteiger partial charge on any atom is 0.326 e. The van der Waals surface area contributed by atoms with Gasteiger partial charge < -0.3 is 15.3 Å². The minimum absolute atomic E-state index is 0.0830. The molecule has 1 fully saturated rings.